The van der Waals surface area contributed by atoms with Crippen LogP contribution in [0.15, 0.2) is 28.1 Å². The number of nitrogens with zero attached hydrogens (tertiary/aromatic N) is 4. The van der Waals surface area contributed by atoms with Crippen LogP contribution in [0.3, 0.4) is 0 Å². The fourth-order valence-electron chi connectivity index (χ4n) is 2.86. The average molecular weight is 314 g/mol. The summed E-state index contributed by atoms with van der Waals surface area (Å²) in [6, 6.07) is 4.14. The second kappa shape index (κ2) is 5.37. The zero-order valence-electron chi connectivity index (χ0n) is 12.7. The molecule has 114 valence electrons. The molecule has 4 heterocycles. The summed E-state index contributed by atoms with van der Waals surface area (Å²) in [6.07, 6.45) is 1.92. The summed E-state index contributed by atoms with van der Waals surface area (Å²) in [7, 11) is 2.15. The number of aromatic nitrogens is 2. The number of thiophene rings is 1. The lowest BCUT2D eigenvalue weighted by Gasteiger charge is -2.33. The predicted octanol–water partition coefficient (Wildman–Crippen LogP) is 3.01. The monoisotopic (exact) mass is 314 g/mol. The number of likely N-dealkylation sites (N-methyl/N-ethyl adjacent to an activating group) is 1. The van der Waals surface area contributed by atoms with E-state index in [9.17, 15) is 0 Å². The van der Waals surface area contributed by atoms with E-state index in [1.54, 1.807) is 11.3 Å². The maximum atomic E-state index is 5.89. The Morgan fingerprint density at radius 2 is 2.05 bits per heavy atom. The number of hydrogen-bond acceptors (Lipinski definition) is 6. The molecule has 4 rings (SSSR count). The molecule has 0 unspecified atom stereocenters. The first-order valence-corrected chi connectivity index (χ1v) is 8.34. The van der Waals surface area contributed by atoms with E-state index in [-0.39, 0.29) is 0 Å². The lowest BCUT2D eigenvalue weighted by Crippen LogP contribution is -2.44. The highest BCUT2D eigenvalue weighted by atomic mass is 32.1. The third kappa shape index (κ3) is 2.28. The predicted molar refractivity (Wildman–Crippen MR) is 89.6 cm³/mol. The summed E-state index contributed by atoms with van der Waals surface area (Å²) in [5.74, 6) is 1.64. The lowest BCUT2D eigenvalue weighted by molar-refractivity contribution is 0.312. The Balaban J connectivity index is 1.82. The van der Waals surface area contributed by atoms with Gasteiger partial charge in [-0.1, -0.05) is 6.07 Å². The van der Waals surface area contributed by atoms with Gasteiger partial charge < -0.3 is 14.2 Å². The van der Waals surface area contributed by atoms with Gasteiger partial charge in [-0.05, 0) is 18.5 Å². The van der Waals surface area contributed by atoms with E-state index in [2.05, 4.69) is 33.3 Å². The van der Waals surface area contributed by atoms with Crippen molar-refractivity contribution in [2.75, 3.05) is 38.1 Å². The van der Waals surface area contributed by atoms with Crippen LogP contribution in [0.5, 0.6) is 0 Å². The average Bonchev–Trinajstić information content (AvgIpc) is 3.15. The van der Waals surface area contributed by atoms with Crippen LogP contribution in [-0.2, 0) is 0 Å². The van der Waals surface area contributed by atoms with Gasteiger partial charge in [0, 0.05) is 44.2 Å². The summed E-state index contributed by atoms with van der Waals surface area (Å²) in [4.78, 5) is 15.1. The highest BCUT2D eigenvalue weighted by Crippen LogP contribution is 2.35. The van der Waals surface area contributed by atoms with E-state index in [0.717, 1.165) is 48.7 Å². The first kappa shape index (κ1) is 13.7. The number of hydrogen-bond donors (Lipinski definition) is 0. The maximum Gasteiger partial charge on any atom is 0.192 e. The summed E-state index contributed by atoms with van der Waals surface area (Å²) >= 11 is 1.69. The van der Waals surface area contributed by atoms with Crippen LogP contribution in [0.25, 0.3) is 21.5 Å². The summed E-state index contributed by atoms with van der Waals surface area (Å²) in [6.45, 7) is 5.94. The van der Waals surface area contributed by atoms with Gasteiger partial charge in [-0.3, -0.25) is 0 Å². The van der Waals surface area contributed by atoms with Gasteiger partial charge in [0.1, 0.15) is 0 Å². The smallest absolute Gasteiger partial charge is 0.192 e. The molecule has 1 saturated heterocycles. The molecular formula is C16H18N4OS. The minimum atomic E-state index is 0.691. The van der Waals surface area contributed by atoms with Gasteiger partial charge in [-0.15, -0.1) is 11.3 Å². The number of pyridine rings is 1. The van der Waals surface area contributed by atoms with Gasteiger partial charge in [0.25, 0.3) is 0 Å². The van der Waals surface area contributed by atoms with Crippen LogP contribution in [0.4, 0.5) is 5.82 Å². The van der Waals surface area contributed by atoms with Gasteiger partial charge in [0.05, 0.1) is 5.56 Å². The van der Waals surface area contributed by atoms with Crippen LogP contribution in [0, 0.1) is 6.92 Å². The molecule has 0 N–H and O–H groups in total. The molecule has 1 aliphatic rings. The Labute approximate surface area is 133 Å². The van der Waals surface area contributed by atoms with Crippen molar-refractivity contribution in [3.8, 4) is 10.4 Å². The molecule has 0 amide bonds. The molecule has 3 aromatic rings. The van der Waals surface area contributed by atoms with Crippen molar-refractivity contribution >= 4 is 28.3 Å². The molecule has 1 aliphatic heterocycles. The molecule has 0 radical (unpaired) electrons. The Hall–Kier alpha value is -1.92. The number of aryl methyl sites for hydroxylation is 1. The largest absolute Gasteiger partial charge is 0.440 e. The fraction of sp³-hybridized carbons (Fsp3) is 0.375. The standard InChI is InChI=1S/C16H18N4OS/c1-11-18-14-15(21-11)12(13-4-3-9-22-13)10-17-16(14)20-7-5-19(2)6-8-20/h3-4,9-10H,5-8H2,1-2H3. The van der Waals surface area contributed by atoms with Gasteiger partial charge >= 0.3 is 0 Å². The number of rotatable bonds is 2. The van der Waals surface area contributed by atoms with Crippen molar-refractivity contribution in [2.24, 2.45) is 0 Å². The molecule has 6 heteroatoms. The van der Waals surface area contributed by atoms with Crippen molar-refractivity contribution in [1.29, 1.82) is 0 Å². The number of piperazine rings is 1. The van der Waals surface area contributed by atoms with Crippen molar-refractivity contribution < 1.29 is 4.42 Å². The number of oxazole rings is 1. The van der Waals surface area contributed by atoms with E-state index < -0.39 is 0 Å². The molecule has 1 fully saturated rings. The molecule has 0 saturated carbocycles. The number of fused-ring (bicyclic) bond motifs is 1. The van der Waals surface area contributed by atoms with Crippen LogP contribution >= 0.6 is 11.3 Å². The fourth-order valence-corrected chi connectivity index (χ4v) is 3.60. The van der Waals surface area contributed by atoms with Gasteiger partial charge in [0.2, 0.25) is 0 Å². The van der Waals surface area contributed by atoms with E-state index >= 15 is 0 Å². The van der Waals surface area contributed by atoms with Crippen molar-refractivity contribution in [3.05, 3.63) is 29.6 Å². The molecule has 0 bridgehead atoms. The molecule has 0 aliphatic carbocycles. The zero-order valence-corrected chi connectivity index (χ0v) is 13.6. The minimum absolute atomic E-state index is 0.691. The molecule has 0 aromatic carbocycles. The minimum Gasteiger partial charge on any atom is -0.440 e. The Kier molecular flexibility index (Phi) is 3.35. The third-order valence-corrected chi connectivity index (χ3v) is 5.00. The van der Waals surface area contributed by atoms with Gasteiger partial charge in [-0.25, -0.2) is 9.97 Å². The lowest BCUT2D eigenvalue weighted by atomic mass is 10.2. The second-order valence-corrected chi connectivity index (χ2v) is 6.62. The summed E-state index contributed by atoms with van der Waals surface area (Å²) < 4.78 is 5.89. The quantitative estimate of drug-likeness (QED) is 0.727. The Morgan fingerprint density at radius 1 is 1.23 bits per heavy atom. The topological polar surface area (TPSA) is 45.4 Å². The molecule has 22 heavy (non-hydrogen) atoms. The van der Waals surface area contributed by atoms with Crippen molar-refractivity contribution in [3.63, 3.8) is 0 Å². The molecule has 0 atom stereocenters. The first-order valence-electron chi connectivity index (χ1n) is 7.46. The van der Waals surface area contributed by atoms with Crippen molar-refractivity contribution in [1.82, 2.24) is 14.9 Å². The zero-order chi connectivity index (χ0) is 15.1. The third-order valence-electron chi connectivity index (χ3n) is 4.10. The highest BCUT2D eigenvalue weighted by Gasteiger charge is 2.22. The van der Waals surface area contributed by atoms with Crippen LogP contribution in [0.2, 0.25) is 0 Å². The van der Waals surface area contributed by atoms with Gasteiger partial charge in [-0.2, -0.15) is 0 Å². The van der Waals surface area contributed by atoms with Crippen LogP contribution in [0.1, 0.15) is 5.89 Å². The van der Waals surface area contributed by atoms with E-state index in [0.29, 0.717) is 5.89 Å². The van der Waals surface area contributed by atoms with Crippen molar-refractivity contribution in [2.45, 2.75) is 6.92 Å². The Morgan fingerprint density at radius 3 is 2.77 bits per heavy atom. The molecular weight excluding hydrogens is 296 g/mol. The normalized spacial score (nSPS) is 16.5. The molecule has 0 spiro atoms. The van der Waals surface area contributed by atoms with E-state index in [1.165, 1.54) is 4.88 Å². The SMILES string of the molecule is Cc1nc2c(N3CCN(C)CC3)ncc(-c3cccs3)c2o1. The van der Waals surface area contributed by atoms with Crippen LogP contribution < -0.4 is 4.90 Å². The summed E-state index contributed by atoms with van der Waals surface area (Å²) in [5.41, 5.74) is 2.76. The Bertz CT molecular complexity index is 788. The molecule has 3 aromatic heterocycles. The number of anilines is 1. The summed E-state index contributed by atoms with van der Waals surface area (Å²) in [5, 5.41) is 2.07. The highest BCUT2D eigenvalue weighted by molar-refractivity contribution is 7.13. The van der Waals surface area contributed by atoms with E-state index in [1.807, 2.05) is 19.2 Å². The van der Waals surface area contributed by atoms with Gasteiger partial charge in [0.15, 0.2) is 22.8 Å². The van der Waals surface area contributed by atoms with E-state index in [4.69, 9.17) is 9.40 Å². The molecule has 5 nitrogen and oxygen atoms in total. The second-order valence-electron chi connectivity index (χ2n) is 5.67. The van der Waals surface area contributed by atoms with Crippen LogP contribution in [-0.4, -0.2) is 48.1 Å². The maximum absolute atomic E-state index is 5.89. The first-order chi connectivity index (χ1) is 10.7.